The fourth-order valence-corrected chi connectivity index (χ4v) is 1.61. The molecule has 1 aromatic heterocycles. The number of hydrogen-bond acceptors (Lipinski definition) is 6. The Balaban J connectivity index is 2.07. The Bertz CT molecular complexity index is 443. The van der Waals surface area contributed by atoms with Crippen LogP contribution in [0.4, 0.5) is 10.8 Å². The van der Waals surface area contributed by atoms with Crippen molar-refractivity contribution in [3.05, 3.63) is 29.3 Å². The third-order valence-corrected chi connectivity index (χ3v) is 2.54. The number of phenols is 1. The van der Waals surface area contributed by atoms with E-state index in [0.717, 1.165) is 10.7 Å². The molecule has 0 unspecified atom stereocenters. The normalized spacial score (nSPS) is 10.1. The van der Waals surface area contributed by atoms with Crippen LogP contribution in [0.25, 0.3) is 0 Å². The lowest BCUT2D eigenvalue weighted by Crippen LogP contribution is -2.00. The Labute approximate surface area is 90.6 Å². The van der Waals surface area contributed by atoms with Gasteiger partial charge < -0.3 is 16.2 Å². The molecule has 0 aliphatic heterocycles. The Kier molecular flexibility index (Phi) is 2.68. The fraction of sp³-hybridized carbons (Fsp3) is 0.111. The quantitative estimate of drug-likeness (QED) is 0.540. The van der Waals surface area contributed by atoms with E-state index in [1.165, 1.54) is 11.3 Å². The number of nitrogen functional groups attached to an aromatic ring is 1. The van der Waals surface area contributed by atoms with Gasteiger partial charge in [-0.1, -0.05) is 11.3 Å². The molecule has 0 atom stereocenters. The second-order valence-electron chi connectivity index (χ2n) is 2.99. The van der Waals surface area contributed by atoms with Gasteiger partial charge in [0.05, 0.1) is 0 Å². The monoisotopic (exact) mass is 222 g/mol. The topological polar surface area (TPSA) is 84.1 Å². The molecule has 0 fully saturated rings. The van der Waals surface area contributed by atoms with Gasteiger partial charge in [-0.15, -0.1) is 10.2 Å². The minimum Gasteiger partial charge on any atom is -0.508 e. The number of benzene rings is 1. The molecule has 0 amide bonds. The van der Waals surface area contributed by atoms with E-state index < -0.39 is 0 Å². The van der Waals surface area contributed by atoms with Crippen LogP contribution >= 0.6 is 11.3 Å². The molecule has 0 spiro atoms. The lowest BCUT2D eigenvalue weighted by Gasteiger charge is -2.05. The average Bonchev–Trinajstić information content (AvgIpc) is 2.72. The van der Waals surface area contributed by atoms with Gasteiger partial charge in [-0.05, 0) is 18.2 Å². The number of nitrogens with zero attached hydrogens (tertiary/aromatic N) is 2. The van der Waals surface area contributed by atoms with Crippen LogP contribution in [0.3, 0.4) is 0 Å². The SMILES string of the molecule is Nc1ccc(O)c(CNc2nncs2)c1. The van der Waals surface area contributed by atoms with Crippen LogP contribution in [0.2, 0.25) is 0 Å². The van der Waals surface area contributed by atoms with Crippen molar-refractivity contribution in [1.82, 2.24) is 10.2 Å². The largest absolute Gasteiger partial charge is 0.508 e. The number of nitrogens with two attached hydrogens (primary N) is 1. The summed E-state index contributed by atoms with van der Waals surface area (Å²) in [5.41, 5.74) is 8.62. The molecule has 2 aromatic rings. The van der Waals surface area contributed by atoms with E-state index >= 15 is 0 Å². The smallest absolute Gasteiger partial charge is 0.205 e. The Hall–Kier alpha value is -1.82. The van der Waals surface area contributed by atoms with E-state index in [-0.39, 0.29) is 5.75 Å². The molecule has 2 rings (SSSR count). The van der Waals surface area contributed by atoms with Gasteiger partial charge in [-0.25, -0.2) is 0 Å². The van der Waals surface area contributed by atoms with Crippen LogP contribution in [-0.4, -0.2) is 15.3 Å². The Morgan fingerprint density at radius 1 is 1.47 bits per heavy atom. The first-order valence-corrected chi connectivity index (χ1v) is 5.21. The second-order valence-corrected chi connectivity index (χ2v) is 3.82. The first-order chi connectivity index (χ1) is 7.25. The fourth-order valence-electron chi connectivity index (χ4n) is 1.17. The van der Waals surface area contributed by atoms with Gasteiger partial charge >= 0.3 is 0 Å². The first kappa shape index (κ1) is 9.72. The molecule has 0 saturated heterocycles. The summed E-state index contributed by atoms with van der Waals surface area (Å²) in [6.45, 7) is 0.478. The summed E-state index contributed by atoms with van der Waals surface area (Å²) in [5, 5.41) is 20.8. The first-order valence-electron chi connectivity index (χ1n) is 4.33. The highest BCUT2D eigenvalue weighted by Crippen LogP contribution is 2.21. The van der Waals surface area contributed by atoms with Crippen molar-refractivity contribution < 1.29 is 5.11 Å². The summed E-state index contributed by atoms with van der Waals surface area (Å²) >= 11 is 1.41. The molecule has 78 valence electrons. The van der Waals surface area contributed by atoms with Gasteiger partial charge in [-0.2, -0.15) is 0 Å². The Morgan fingerprint density at radius 2 is 2.33 bits per heavy atom. The van der Waals surface area contributed by atoms with E-state index in [1.54, 1.807) is 23.7 Å². The number of phenolic OH excluding ortho intramolecular Hbond substituents is 1. The van der Waals surface area contributed by atoms with Crippen molar-refractivity contribution in [1.29, 1.82) is 0 Å². The predicted octanol–water partition coefficient (Wildman–Crippen LogP) is 1.44. The van der Waals surface area contributed by atoms with Gasteiger partial charge in [-0.3, -0.25) is 0 Å². The van der Waals surface area contributed by atoms with Crippen LogP contribution in [-0.2, 0) is 6.54 Å². The van der Waals surface area contributed by atoms with Gasteiger partial charge in [0.25, 0.3) is 0 Å². The molecule has 5 nitrogen and oxygen atoms in total. The van der Waals surface area contributed by atoms with Gasteiger partial charge in [0, 0.05) is 17.8 Å². The number of aromatic hydroxyl groups is 1. The summed E-state index contributed by atoms with van der Waals surface area (Å²) in [7, 11) is 0. The summed E-state index contributed by atoms with van der Waals surface area (Å²) in [6.07, 6.45) is 0. The zero-order valence-corrected chi connectivity index (χ0v) is 8.66. The molecule has 4 N–H and O–H groups in total. The molecule has 0 saturated carbocycles. The van der Waals surface area contributed by atoms with Crippen molar-refractivity contribution in [2.24, 2.45) is 0 Å². The summed E-state index contributed by atoms with van der Waals surface area (Å²) < 4.78 is 0. The van der Waals surface area contributed by atoms with Crippen LogP contribution in [0, 0.1) is 0 Å². The maximum absolute atomic E-state index is 9.54. The number of aromatic nitrogens is 2. The molecule has 0 bridgehead atoms. The van der Waals surface area contributed by atoms with E-state index in [0.29, 0.717) is 12.2 Å². The maximum atomic E-state index is 9.54. The van der Waals surface area contributed by atoms with Crippen molar-refractivity contribution in [2.45, 2.75) is 6.54 Å². The van der Waals surface area contributed by atoms with Crippen molar-refractivity contribution in [2.75, 3.05) is 11.1 Å². The van der Waals surface area contributed by atoms with E-state index in [2.05, 4.69) is 15.5 Å². The molecule has 0 aliphatic carbocycles. The van der Waals surface area contributed by atoms with Gasteiger partial charge in [0.1, 0.15) is 11.3 Å². The van der Waals surface area contributed by atoms with Crippen LogP contribution < -0.4 is 11.1 Å². The molecule has 1 aromatic carbocycles. The number of hydrogen-bond donors (Lipinski definition) is 3. The van der Waals surface area contributed by atoms with Crippen LogP contribution in [0.1, 0.15) is 5.56 Å². The highest BCUT2D eigenvalue weighted by molar-refractivity contribution is 7.13. The van der Waals surface area contributed by atoms with Crippen LogP contribution in [0.5, 0.6) is 5.75 Å². The average molecular weight is 222 g/mol. The van der Waals surface area contributed by atoms with E-state index in [4.69, 9.17) is 5.73 Å². The van der Waals surface area contributed by atoms with Gasteiger partial charge in [0.2, 0.25) is 5.13 Å². The maximum Gasteiger partial charge on any atom is 0.205 e. The lowest BCUT2D eigenvalue weighted by molar-refractivity contribution is 0.469. The van der Waals surface area contributed by atoms with Crippen molar-refractivity contribution in [3.8, 4) is 5.75 Å². The van der Waals surface area contributed by atoms with E-state index in [9.17, 15) is 5.11 Å². The third kappa shape index (κ3) is 2.35. The Morgan fingerprint density at radius 3 is 3.07 bits per heavy atom. The molecule has 15 heavy (non-hydrogen) atoms. The summed E-state index contributed by atoms with van der Waals surface area (Å²) in [5.74, 6) is 0.223. The highest BCUT2D eigenvalue weighted by Gasteiger charge is 2.02. The standard InChI is InChI=1S/C9H10N4OS/c10-7-1-2-8(14)6(3-7)4-11-9-13-12-5-15-9/h1-3,5,14H,4,10H2,(H,11,13). The van der Waals surface area contributed by atoms with Crippen molar-refractivity contribution >= 4 is 22.2 Å². The third-order valence-electron chi connectivity index (χ3n) is 1.89. The zero-order valence-electron chi connectivity index (χ0n) is 7.84. The minimum atomic E-state index is 0.223. The number of anilines is 2. The molecule has 1 heterocycles. The zero-order chi connectivity index (χ0) is 10.7. The number of nitrogens with one attached hydrogen (secondary N) is 1. The lowest BCUT2D eigenvalue weighted by atomic mass is 10.2. The summed E-state index contributed by atoms with van der Waals surface area (Å²) in [4.78, 5) is 0. The molecular formula is C9H10N4OS. The van der Waals surface area contributed by atoms with E-state index in [1.807, 2.05) is 0 Å². The molecular weight excluding hydrogens is 212 g/mol. The summed E-state index contributed by atoms with van der Waals surface area (Å²) in [6, 6.07) is 4.96. The molecule has 0 radical (unpaired) electrons. The predicted molar refractivity (Wildman–Crippen MR) is 59.8 cm³/mol. The highest BCUT2D eigenvalue weighted by atomic mass is 32.1. The van der Waals surface area contributed by atoms with Gasteiger partial charge in [0.15, 0.2) is 0 Å². The van der Waals surface area contributed by atoms with Crippen molar-refractivity contribution in [3.63, 3.8) is 0 Å². The minimum absolute atomic E-state index is 0.223. The molecule has 0 aliphatic rings. The number of rotatable bonds is 3. The van der Waals surface area contributed by atoms with Crippen LogP contribution in [0.15, 0.2) is 23.7 Å². The second kappa shape index (κ2) is 4.14. The molecule has 6 heteroatoms.